The van der Waals surface area contributed by atoms with Gasteiger partial charge in [-0.2, -0.15) is 0 Å². The number of aliphatic hydroxyl groups is 1. The van der Waals surface area contributed by atoms with E-state index in [9.17, 15) is 5.11 Å². The van der Waals surface area contributed by atoms with Gasteiger partial charge in [-0.1, -0.05) is 32.4 Å². The van der Waals surface area contributed by atoms with Gasteiger partial charge in [0.05, 0.1) is 0 Å². The lowest BCUT2D eigenvalue weighted by atomic mass is 9.88. The fourth-order valence-corrected chi connectivity index (χ4v) is 1.53. The molecule has 1 aromatic rings. The molecule has 0 amide bonds. The minimum absolute atomic E-state index is 0.177. The van der Waals surface area contributed by atoms with Gasteiger partial charge in [0.1, 0.15) is 18.5 Å². The molecule has 0 radical (unpaired) electrons. The van der Waals surface area contributed by atoms with Crippen molar-refractivity contribution in [3.05, 3.63) is 29.3 Å². The highest BCUT2D eigenvalue weighted by atomic mass is 35.5. The first-order chi connectivity index (χ1) is 8.79. The predicted molar refractivity (Wildman–Crippen MR) is 79.9 cm³/mol. The maximum Gasteiger partial charge on any atom is 0.119 e. The second-order valence-electron chi connectivity index (χ2n) is 5.91. The van der Waals surface area contributed by atoms with Crippen LogP contribution in [0.3, 0.4) is 0 Å². The van der Waals surface area contributed by atoms with E-state index in [0.717, 1.165) is 0 Å². The van der Waals surface area contributed by atoms with Crippen LogP contribution in [0.25, 0.3) is 0 Å². The van der Waals surface area contributed by atoms with Crippen LogP contribution in [0, 0.1) is 5.41 Å². The zero-order valence-electron chi connectivity index (χ0n) is 12.1. The molecule has 2 N–H and O–H groups in total. The summed E-state index contributed by atoms with van der Waals surface area (Å²) in [5.74, 6) is 0.715. The van der Waals surface area contributed by atoms with Crippen molar-refractivity contribution in [2.45, 2.75) is 39.8 Å². The standard InChI is InChI=1S/C15H24ClNO2/c1-11(15(2,3)4)17-9-13(18)10-19-14-7-5-12(16)6-8-14/h5-8,11,13,17-18H,9-10H2,1-4H3. The van der Waals surface area contributed by atoms with Crippen LogP contribution in [0.4, 0.5) is 0 Å². The van der Waals surface area contributed by atoms with E-state index in [1.54, 1.807) is 24.3 Å². The summed E-state index contributed by atoms with van der Waals surface area (Å²) in [6, 6.07) is 7.45. The van der Waals surface area contributed by atoms with Crippen LogP contribution in [0.15, 0.2) is 24.3 Å². The second-order valence-corrected chi connectivity index (χ2v) is 6.35. The summed E-state index contributed by atoms with van der Waals surface area (Å²) >= 11 is 5.79. The zero-order chi connectivity index (χ0) is 14.5. The molecule has 108 valence electrons. The lowest BCUT2D eigenvalue weighted by Crippen LogP contribution is -2.42. The fourth-order valence-electron chi connectivity index (χ4n) is 1.40. The van der Waals surface area contributed by atoms with Crippen molar-refractivity contribution in [2.75, 3.05) is 13.2 Å². The normalized spacial score (nSPS) is 15.1. The molecular formula is C15H24ClNO2. The first-order valence-electron chi connectivity index (χ1n) is 6.59. The summed E-state index contributed by atoms with van der Waals surface area (Å²) in [5.41, 5.74) is 0.177. The van der Waals surface area contributed by atoms with Crippen molar-refractivity contribution < 1.29 is 9.84 Å². The quantitative estimate of drug-likeness (QED) is 0.844. The molecule has 2 unspecified atom stereocenters. The van der Waals surface area contributed by atoms with Crippen molar-refractivity contribution in [1.82, 2.24) is 5.32 Å². The predicted octanol–water partition coefficient (Wildman–Crippen LogP) is 3.10. The summed E-state index contributed by atoms with van der Waals surface area (Å²) in [7, 11) is 0. The number of hydrogen-bond acceptors (Lipinski definition) is 3. The van der Waals surface area contributed by atoms with Crippen LogP contribution in [0.2, 0.25) is 5.02 Å². The Morgan fingerprint density at radius 3 is 2.37 bits per heavy atom. The van der Waals surface area contributed by atoms with Crippen molar-refractivity contribution in [1.29, 1.82) is 0 Å². The van der Waals surface area contributed by atoms with Gasteiger partial charge in [0, 0.05) is 17.6 Å². The smallest absolute Gasteiger partial charge is 0.119 e. The van der Waals surface area contributed by atoms with E-state index in [1.807, 2.05) is 0 Å². The van der Waals surface area contributed by atoms with Crippen LogP contribution in [0.5, 0.6) is 5.75 Å². The van der Waals surface area contributed by atoms with Crippen molar-refractivity contribution >= 4 is 11.6 Å². The van der Waals surface area contributed by atoms with Gasteiger partial charge in [-0.3, -0.25) is 0 Å². The molecule has 0 saturated heterocycles. The van der Waals surface area contributed by atoms with Crippen LogP contribution in [0.1, 0.15) is 27.7 Å². The van der Waals surface area contributed by atoms with Gasteiger partial charge in [0.15, 0.2) is 0 Å². The summed E-state index contributed by atoms with van der Waals surface area (Å²) in [6.07, 6.45) is -0.527. The fraction of sp³-hybridized carbons (Fsp3) is 0.600. The maximum absolute atomic E-state index is 9.87. The Morgan fingerprint density at radius 1 is 1.26 bits per heavy atom. The molecule has 3 nitrogen and oxygen atoms in total. The lowest BCUT2D eigenvalue weighted by Gasteiger charge is -2.29. The van der Waals surface area contributed by atoms with E-state index < -0.39 is 6.10 Å². The maximum atomic E-state index is 9.87. The molecule has 0 bridgehead atoms. The first-order valence-corrected chi connectivity index (χ1v) is 6.96. The molecule has 1 aromatic carbocycles. The third-order valence-corrected chi connectivity index (χ3v) is 3.47. The van der Waals surface area contributed by atoms with Gasteiger partial charge < -0.3 is 15.2 Å². The number of nitrogens with one attached hydrogen (secondary N) is 1. The molecule has 0 aliphatic heterocycles. The monoisotopic (exact) mass is 285 g/mol. The van der Waals surface area contributed by atoms with Gasteiger partial charge >= 0.3 is 0 Å². The number of halogens is 1. The largest absolute Gasteiger partial charge is 0.491 e. The molecule has 4 heteroatoms. The van der Waals surface area contributed by atoms with Crippen LogP contribution >= 0.6 is 11.6 Å². The molecule has 0 aliphatic rings. The van der Waals surface area contributed by atoms with Crippen molar-refractivity contribution in [3.63, 3.8) is 0 Å². The van der Waals surface area contributed by atoms with Crippen LogP contribution in [-0.4, -0.2) is 30.4 Å². The number of hydrogen-bond donors (Lipinski definition) is 2. The molecule has 0 aliphatic carbocycles. The average molecular weight is 286 g/mol. The topological polar surface area (TPSA) is 41.5 Å². The Kier molecular flexibility index (Phi) is 6.11. The highest BCUT2D eigenvalue weighted by Crippen LogP contribution is 2.18. The van der Waals surface area contributed by atoms with Gasteiger partial charge in [-0.25, -0.2) is 0 Å². The van der Waals surface area contributed by atoms with Gasteiger partial charge in [0.2, 0.25) is 0 Å². The Hall–Kier alpha value is -0.770. The summed E-state index contributed by atoms with van der Waals surface area (Å²) < 4.78 is 5.49. The van der Waals surface area contributed by atoms with E-state index in [-0.39, 0.29) is 12.0 Å². The van der Waals surface area contributed by atoms with E-state index >= 15 is 0 Å². The second kappa shape index (κ2) is 7.13. The van der Waals surface area contributed by atoms with Crippen molar-refractivity contribution in [3.8, 4) is 5.75 Å². The average Bonchev–Trinajstić information content (AvgIpc) is 2.34. The molecule has 19 heavy (non-hydrogen) atoms. The lowest BCUT2D eigenvalue weighted by molar-refractivity contribution is 0.0986. The zero-order valence-corrected chi connectivity index (χ0v) is 12.9. The highest BCUT2D eigenvalue weighted by molar-refractivity contribution is 6.30. The molecular weight excluding hydrogens is 262 g/mol. The van der Waals surface area contributed by atoms with Gasteiger partial charge in [-0.15, -0.1) is 0 Å². The Bertz CT molecular complexity index is 373. The number of rotatable bonds is 6. The molecule has 2 atom stereocenters. The van der Waals surface area contributed by atoms with Crippen molar-refractivity contribution in [2.24, 2.45) is 5.41 Å². The SMILES string of the molecule is CC(NCC(O)COc1ccc(Cl)cc1)C(C)(C)C. The molecule has 0 saturated carbocycles. The minimum Gasteiger partial charge on any atom is -0.491 e. The Morgan fingerprint density at radius 2 is 1.84 bits per heavy atom. The number of benzene rings is 1. The molecule has 0 aromatic heterocycles. The summed E-state index contributed by atoms with van der Waals surface area (Å²) in [4.78, 5) is 0. The summed E-state index contributed by atoms with van der Waals surface area (Å²) in [5, 5.41) is 13.9. The summed E-state index contributed by atoms with van der Waals surface area (Å²) in [6.45, 7) is 9.41. The molecule has 0 fully saturated rings. The number of ether oxygens (including phenoxy) is 1. The Balaban J connectivity index is 2.28. The third kappa shape index (κ3) is 6.28. The Labute approximate surface area is 120 Å². The third-order valence-electron chi connectivity index (χ3n) is 3.21. The van der Waals surface area contributed by atoms with Gasteiger partial charge in [0.25, 0.3) is 0 Å². The van der Waals surface area contributed by atoms with E-state index in [2.05, 4.69) is 33.0 Å². The first kappa shape index (κ1) is 16.3. The number of aliphatic hydroxyl groups excluding tert-OH is 1. The van der Waals surface area contributed by atoms with E-state index in [1.165, 1.54) is 0 Å². The highest BCUT2D eigenvalue weighted by Gasteiger charge is 2.20. The van der Waals surface area contributed by atoms with Gasteiger partial charge in [-0.05, 0) is 36.6 Å². The molecule has 0 heterocycles. The van der Waals surface area contributed by atoms with E-state index in [4.69, 9.17) is 16.3 Å². The minimum atomic E-state index is -0.527. The van der Waals surface area contributed by atoms with Crippen LogP contribution < -0.4 is 10.1 Å². The van der Waals surface area contributed by atoms with E-state index in [0.29, 0.717) is 23.4 Å². The van der Waals surface area contributed by atoms with Crippen LogP contribution in [-0.2, 0) is 0 Å². The molecule has 0 spiro atoms. The molecule has 1 rings (SSSR count).